The van der Waals surface area contributed by atoms with E-state index in [2.05, 4.69) is 9.88 Å². The second kappa shape index (κ2) is 8.16. The van der Waals surface area contributed by atoms with Gasteiger partial charge >= 0.3 is 0 Å². The van der Waals surface area contributed by atoms with Crippen molar-refractivity contribution in [2.24, 2.45) is 0 Å². The second-order valence-corrected chi connectivity index (χ2v) is 8.03. The minimum absolute atomic E-state index is 0.0793. The van der Waals surface area contributed by atoms with Gasteiger partial charge in [-0.05, 0) is 24.3 Å². The van der Waals surface area contributed by atoms with Gasteiger partial charge < -0.3 is 24.5 Å². The SMILES string of the molecule is COc1cccc2sc(N(C)CC(=O)N3CCN(c4ccccc4O)CC3)nc12. The van der Waals surface area contributed by atoms with Crippen molar-refractivity contribution in [2.75, 3.05) is 56.7 Å². The Balaban J connectivity index is 1.38. The lowest BCUT2D eigenvalue weighted by Crippen LogP contribution is -2.51. The number of aromatic nitrogens is 1. The fourth-order valence-corrected chi connectivity index (χ4v) is 4.48. The van der Waals surface area contributed by atoms with Gasteiger partial charge in [0.2, 0.25) is 5.91 Å². The molecule has 0 saturated carbocycles. The Bertz CT molecular complexity index is 1010. The fraction of sp³-hybridized carbons (Fsp3) is 0.333. The number of aromatic hydroxyl groups is 1. The largest absolute Gasteiger partial charge is 0.506 e. The molecule has 0 bridgehead atoms. The number of likely N-dealkylation sites (N-methyl/N-ethyl adjacent to an activating group) is 1. The first-order chi connectivity index (χ1) is 14.1. The first-order valence-electron chi connectivity index (χ1n) is 9.52. The van der Waals surface area contributed by atoms with E-state index in [1.165, 1.54) is 0 Å². The third-order valence-electron chi connectivity index (χ3n) is 5.14. The van der Waals surface area contributed by atoms with Crippen LogP contribution in [0.15, 0.2) is 42.5 Å². The molecule has 0 atom stereocenters. The van der Waals surface area contributed by atoms with E-state index in [0.29, 0.717) is 26.2 Å². The molecule has 1 aromatic heterocycles. The molecular formula is C21H24N4O3S. The summed E-state index contributed by atoms with van der Waals surface area (Å²) < 4.78 is 6.42. The minimum Gasteiger partial charge on any atom is -0.506 e. The summed E-state index contributed by atoms with van der Waals surface area (Å²) >= 11 is 1.55. The lowest BCUT2D eigenvalue weighted by molar-refractivity contribution is -0.129. The van der Waals surface area contributed by atoms with Crippen molar-refractivity contribution in [1.82, 2.24) is 9.88 Å². The van der Waals surface area contributed by atoms with Crippen LogP contribution in [-0.2, 0) is 4.79 Å². The van der Waals surface area contributed by atoms with Crippen molar-refractivity contribution in [3.63, 3.8) is 0 Å². The average Bonchev–Trinajstić information content (AvgIpc) is 3.19. The number of anilines is 2. The van der Waals surface area contributed by atoms with E-state index < -0.39 is 0 Å². The monoisotopic (exact) mass is 412 g/mol. The predicted molar refractivity (Wildman–Crippen MR) is 116 cm³/mol. The topological polar surface area (TPSA) is 69.1 Å². The number of ether oxygens (including phenoxy) is 1. The summed E-state index contributed by atoms with van der Waals surface area (Å²) in [5.74, 6) is 1.10. The molecule has 29 heavy (non-hydrogen) atoms. The number of piperazine rings is 1. The van der Waals surface area contributed by atoms with Gasteiger partial charge in [-0.25, -0.2) is 4.98 Å². The Morgan fingerprint density at radius 3 is 2.66 bits per heavy atom. The third-order valence-corrected chi connectivity index (χ3v) is 6.28. The van der Waals surface area contributed by atoms with E-state index in [-0.39, 0.29) is 18.2 Å². The number of phenolic OH excluding ortho intramolecular Hbond substituents is 1. The molecule has 0 unspecified atom stereocenters. The molecule has 1 N–H and O–H groups in total. The highest BCUT2D eigenvalue weighted by atomic mass is 32.1. The number of para-hydroxylation sites is 3. The predicted octanol–water partition coefficient (Wildman–Crippen LogP) is 2.80. The zero-order valence-corrected chi connectivity index (χ0v) is 17.4. The van der Waals surface area contributed by atoms with Crippen LogP contribution in [0.25, 0.3) is 10.2 Å². The molecule has 1 aliphatic rings. The van der Waals surface area contributed by atoms with Gasteiger partial charge in [-0.15, -0.1) is 0 Å². The molecule has 1 amide bonds. The van der Waals surface area contributed by atoms with Crippen molar-refractivity contribution in [3.8, 4) is 11.5 Å². The average molecular weight is 413 g/mol. The number of thiazole rings is 1. The maximum absolute atomic E-state index is 12.8. The fourth-order valence-electron chi connectivity index (χ4n) is 3.54. The van der Waals surface area contributed by atoms with Gasteiger partial charge in [0, 0.05) is 33.2 Å². The molecule has 1 saturated heterocycles. The Hall–Kier alpha value is -3.00. The normalized spacial score (nSPS) is 14.3. The van der Waals surface area contributed by atoms with Gasteiger partial charge in [0.25, 0.3) is 0 Å². The Morgan fingerprint density at radius 2 is 1.93 bits per heavy atom. The summed E-state index contributed by atoms with van der Waals surface area (Å²) in [6, 6.07) is 13.2. The van der Waals surface area contributed by atoms with Gasteiger partial charge in [0.1, 0.15) is 17.0 Å². The number of fused-ring (bicyclic) bond motifs is 1. The summed E-state index contributed by atoms with van der Waals surface area (Å²) in [6.07, 6.45) is 0. The zero-order chi connectivity index (χ0) is 20.4. The molecular weight excluding hydrogens is 388 g/mol. The maximum atomic E-state index is 12.8. The van der Waals surface area contributed by atoms with Crippen LogP contribution in [-0.4, -0.2) is 67.8 Å². The molecule has 4 rings (SSSR count). The van der Waals surface area contributed by atoms with E-state index in [1.54, 1.807) is 24.5 Å². The Kier molecular flexibility index (Phi) is 5.44. The van der Waals surface area contributed by atoms with E-state index in [1.807, 2.05) is 53.2 Å². The first kappa shape index (κ1) is 19.3. The highest BCUT2D eigenvalue weighted by Crippen LogP contribution is 2.33. The van der Waals surface area contributed by atoms with Crippen LogP contribution >= 0.6 is 11.3 Å². The summed E-state index contributed by atoms with van der Waals surface area (Å²) in [7, 11) is 3.52. The molecule has 1 fully saturated rings. The number of amides is 1. The van der Waals surface area contributed by atoms with E-state index in [0.717, 1.165) is 26.8 Å². The lowest BCUT2D eigenvalue weighted by atomic mass is 10.2. The van der Waals surface area contributed by atoms with Crippen molar-refractivity contribution in [1.29, 1.82) is 0 Å². The molecule has 152 valence electrons. The Morgan fingerprint density at radius 1 is 1.17 bits per heavy atom. The van der Waals surface area contributed by atoms with Gasteiger partial charge in [-0.2, -0.15) is 0 Å². The Labute approximate surface area is 173 Å². The van der Waals surface area contributed by atoms with Crippen LogP contribution in [0, 0.1) is 0 Å². The molecule has 0 aliphatic carbocycles. The molecule has 0 radical (unpaired) electrons. The molecule has 2 heterocycles. The quantitative estimate of drug-likeness (QED) is 0.695. The smallest absolute Gasteiger partial charge is 0.242 e. The van der Waals surface area contributed by atoms with Gasteiger partial charge in [-0.3, -0.25) is 4.79 Å². The van der Waals surface area contributed by atoms with Crippen molar-refractivity contribution < 1.29 is 14.6 Å². The highest BCUT2D eigenvalue weighted by Gasteiger charge is 2.24. The molecule has 8 heteroatoms. The van der Waals surface area contributed by atoms with E-state index >= 15 is 0 Å². The molecule has 2 aromatic carbocycles. The number of rotatable bonds is 5. The van der Waals surface area contributed by atoms with Crippen LogP contribution in [0.2, 0.25) is 0 Å². The van der Waals surface area contributed by atoms with Crippen molar-refractivity contribution in [2.45, 2.75) is 0 Å². The molecule has 0 spiro atoms. The van der Waals surface area contributed by atoms with Crippen LogP contribution in [0.5, 0.6) is 11.5 Å². The highest BCUT2D eigenvalue weighted by molar-refractivity contribution is 7.22. The summed E-state index contributed by atoms with van der Waals surface area (Å²) in [5.41, 5.74) is 1.64. The van der Waals surface area contributed by atoms with Gasteiger partial charge in [-0.1, -0.05) is 29.5 Å². The third kappa shape index (κ3) is 3.93. The van der Waals surface area contributed by atoms with Crippen LogP contribution < -0.4 is 14.5 Å². The number of carbonyl (C=O) groups excluding carboxylic acids is 1. The number of hydrogen-bond donors (Lipinski definition) is 1. The number of carbonyl (C=O) groups is 1. The molecule has 3 aromatic rings. The summed E-state index contributed by atoms with van der Waals surface area (Å²) in [5, 5.41) is 10.8. The second-order valence-electron chi connectivity index (χ2n) is 7.02. The summed E-state index contributed by atoms with van der Waals surface area (Å²) in [6.45, 7) is 2.94. The number of benzene rings is 2. The number of phenols is 1. The molecule has 1 aliphatic heterocycles. The first-order valence-corrected chi connectivity index (χ1v) is 10.3. The van der Waals surface area contributed by atoms with Crippen molar-refractivity contribution in [3.05, 3.63) is 42.5 Å². The standard InChI is InChI=1S/C21H24N4O3S/c1-23(21-22-20-17(28-2)8-5-9-18(20)29-21)14-19(27)25-12-10-24(11-13-25)15-6-3-4-7-16(15)26/h3-9,26H,10-14H2,1-2H3. The van der Waals surface area contributed by atoms with Crippen LogP contribution in [0.1, 0.15) is 0 Å². The van der Waals surface area contributed by atoms with E-state index in [4.69, 9.17) is 4.74 Å². The number of hydrogen-bond acceptors (Lipinski definition) is 7. The van der Waals surface area contributed by atoms with Crippen molar-refractivity contribution >= 4 is 38.3 Å². The summed E-state index contributed by atoms with van der Waals surface area (Å²) in [4.78, 5) is 23.3. The number of methoxy groups -OCH3 is 1. The molecule has 7 nitrogen and oxygen atoms in total. The van der Waals surface area contributed by atoms with Gasteiger partial charge in [0.15, 0.2) is 5.13 Å². The maximum Gasteiger partial charge on any atom is 0.242 e. The van der Waals surface area contributed by atoms with Crippen LogP contribution in [0.4, 0.5) is 10.8 Å². The minimum atomic E-state index is 0.0793. The van der Waals surface area contributed by atoms with Gasteiger partial charge in [0.05, 0.1) is 24.0 Å². The lowest BCUT2D eigenvalue weighted by Gasteiger charge is -2.36. The zero-order valence-electron chi connectivity index (χ0n) is 16.5. The van der Waals surface area contributed by atoms with Crippen LogP contribution in [0.3, 0.4) is 0 Å². The van der Waals surface area contributed by atoms with E-state index in [9.17, 15) is 9.90 Å². The number of nitrogens with zero attached hydrogens (tertiary/aromatic N) is 4.